The van der Waals surface area contributed by atoms with Crippen molar-refractivity contribution < 1.29 is 9.59 Å². The summed E-state index contributed by atoms with van der Waals surface area (Å²) in [4.78, 5) is 26.6. The van der Waals surface area contributed by atoms with Crippen molar-refractivity contribution in [1.82, 2.24) is 10.2 Å². The first kappa shape index (κ1) is 15.3. The zero-order chi connectivity index (χ0) is 15.3. The Morgan fingerprint density at radius 2 is 1.75 bits per heavy atom. The van der Waals surface area contributed by atoms with Gasteiger partial charge in [0.1, 0.15) is 6.04 Å². The van der Waals surface area contributed by atoms with Gasteiger partial charge in [-0.2, -0.15) is 0 Å². The Kier molecular flexibility index (Phi) is 3.64. The van der Waals surface area contributed by atoms with E-state index in [0.29, 0.717) is 25.3 Å². The zero-order valence-electron chi connectivity index (χ0n) is 13.6. The maximum atomic E-state index is 12.8. The van der Waals surface area contributed by atoms with Crippen molar-refractivity contribution in [2.75, 3.05) is 6.54 Å². The van der Waals surface area contributed by atoms with Crippen molar-refractivity contribution >= 4 is 11.8 Å². The average Bonchev–Trinajstić information content (AvgIpc) is 2.74. The Morgan fingerprint density at radius 1 is 1.20 bits per heavy atom. The Bertz CT molecular complexity index is 412. The lowest BCUT2D eigenvalue weighted by atomic mass is 10.0. The van der Waals surface area contributed by atoms with Gasteiger partial charge in [-0.1, -0.05) is 41.5 Å². The van der Waals surface area contributed by atoms with Crippen molar-refractivity contribution in [2.45, 2.75) is 66.5 Å². The van der Waals surface area contributed by atoms with E-state index < -0.39 is 0 Å². The topological polar surface area (TPSA) is 49.4 Å². The first-order valence-electron chi connectivity index (χ1n) is 7.69. The van der Waals surface area contributed by atoms with Gasteiger partial charge in [-0.15, -0.1) is 0 Å². The SMILES string of the molecule is CC(C)CC1NC(=O)CCN(C2C(C)(C)C2(C)C)C1=O. The Morgan fingerprint density at radius 3 is 2.20 bits per heavy atom. The third-order valence-electron chi connectivity index (χ3n) is 5.46. The summed E-state index contributed by atoms with van der Waals surface area (Å²) >= 11 is 0. The minimum Gasteiger partial charge on any atom is -0.344 e. The van der Waals surface area contributed by atoms with Crippen LogP contribution >= 0.6 is 0 Å². The average molecular weight is 280 g/mol. The molecule has 114 valence electrons. The van der Waals surface area contributed by atoms with Crippen LogP contribution in [-0.4, -0.2) is 35.3 Å². The third-order valence-corrected chi connectivity index (χ3v) is 5.46. The van der Waals surface area contributed by atoms with Gasteiger partial charge in [0.25, 0.3) is 0 Å². The Balaban J connectivity index is 2.21. The predicted molar refractivity (Wildman–Crippen MR) is 79.1 cm³/mol. The highest BCUT2D eigenvalue weighted by molar-refractivity contribution is 5.90. The molecule has 0 spiro atoms. The fraction of sp³-hybridized carbons (Fsp3) is 0.875. The van der Waals surface area contributed by atoms with Crippen LogP contribution in [0.1, 0.15) is 54.4 Å². The van der Waals surface area contributed by atoms with E-state index in [2.05, 4.69) is 46.9 Å². The van der Waals surface area contributed by atoms with Crippen LogP contribution < -0.4 is 5.32 Å². The van der Waals surface area contributed by atoms with Gasteiger partial charge in [0.15, 0.2) is 0 Å². The van der Waals surface area contributed by atoms with E-state index in [-0.39, 0.29) is 34.7 Å². The van der Waals surface area contributed by atoms with E-state index in [4.69, 9.17) is 0 Å². The second kappa shape index (κ2) is 4.74. The predicted octanol–water partition coefficient (Wildman–Crippen LogP) is 2.18. The maximum Gasteiger partial charge on any atom is 0.245 e. The van der Waals surface area contributed by atoms with Crippen LogP contribution in [0, 0.1) is 16.7 Å². The van der Waals surface area contributed by atoms with Gasteiger partial charge in [0.05, 0.1) is 0 Å². The monoisotopic (exact) mass is 280 g/mol. The molecule has 1 N–H and O–H groups in total. The summed E-state index contributed by atoms with van der Waals surface area (Å²) in [6.07, 6.45) is 1.14. The molecule has 4 nitrogen and oxygen atoms in total. The summed E-state index contributed by atoms with van der Waals surface area (Å²) in [6, 6.07) is -0.109. The minimum atomic E-state index is -0.350. The molecule has 1 heterocycles. The molecule has 1 unspecified atom stereocenters. The molecule has 2 fully saturated rings. The number of carbonyl (C=O) groups is 2. The number of hydrogen-bond donors (Lipinski definition) is 1. The molecule has 20 heavy (non-hydrogen) atoms. The van der Waals surface area contributed by atoms with Gasteiger partial charge in [0.2, 0.25) is 11.8 Å². The van der Waals surface area contributed by atoms with Gasteiger partial charge in [-0.05, 0) is 23.2 Å². The van der Waals surface area contributed by atoms with Crippen LogP contribution in [0.5, 0.6) is 0 Å². The van der Waals surface area contributed by atoms with Crippen LogP contribution in [0.15, 0.2) is 0 Å². The van der Waals surface area contributed by atoms with Gasteiger partial charge < -0.3 is 10.2 Å². The smallest absolute Gasteiger partial charge is 0.245 e. The molecule has 2 aliphatic rings. The highest BCUT2D eigenvalue weighted by Gasteiger charge is 2.68. The lowest BCUT2D eigenvalue weighted by Gasteiger charge is -2.27. The van der Waals surface area contributed by atoms with E-state index in [9.17, 15) is 9.59 Å². The second-order valence-electron chi connectivity index (χ2n) is 7.88. The standard InChI is InChI=1S/C16H28N2O2/c1-10(2)9-11-13(20)18(8-7-12(19)17-11)14-15(3,4)16(14,5)6/h10-11,14H,7-9H2,1-6H3,(H,17,19). The van der Waals surface area contributed by atoms with Gasteiger partial charge >= 0.3 is 0 Å². The van der Waals surface area contributed by atoms with E-state index in [1.165, 1.54) is 0 Å². The number of carbonyl (C=O) groups excluding carboxylic acids is 2. The fourth-order valence-electron chi connectivity index (χ4n) is 3.69. The molecule has 0 bridgehead atoms. The first-order valence-corrected chi connectivity index (χ1v) is 7.69. The highest BCUT2D eigenvalue weighted by Crippen LogP contribution is 2.65. The molecule has 1 aliphatic heterocycles. The van der Waals surface area contributed by atoms with E-state index in [1.807, 2.05) is 4.90 Å². The molecule has 2 amide bonds. The fourth-order valence-corrected chi connectivity index (χ4v) is 3.69. The van der Waals surface area contributed by atoms with Crippen molar-refractivity contribution in [1.29, 1.82) is 0 Å². The van der Waals surface area contributed by atoms with Crippen molar-refractivity contribution in [3.8, 4) is 0 Å². The Hall–Kier alpha value is -1.06. The number of amides is 2. The third kappa shape index (κ3) is 2.33. The number of hydrogen-bond acceptors (Lipinski definition) is 2. The van der Waals surface area contributed by atoms with Gasteiger partial charge in [0, 0.05) is 19.0 Å². The van der Waals surface area contributed by atoms with Crippen LogP contribution in [0.3, 0.4) is 0 Å². The molecule has 1 saturated heterocycles. The van der Waals surface area contributed by atoms with Crippen molar-refractivity contribution in [3.05, 3.63) is 0 Å². The largest absolute Gasteiger partial charge is 0.344 e. The molecule has 1 aliphatic carbocycles. The van der Waals surface area contributed by atoms with Crippen LogP contribution in [0.2, 0.25) is 0 Å². The van der Waals surface area contributed by atoms with Crippen LogP contribution in [0.4, 0.5) is 0 Å². The number of rotatable bonds is 3. The highest BCUT2D eigenvalue weighted by atomic mass is 16.2. The molecule has 0 radical (unpaired) electrons. The quantitative estimate of drug-likeness (QED) is 0.861. The van der Waals surface area contributed by atoms with Crippen molar-refractivity contribution in [2.24, 2.45) is 16.7 Å². The summed E-state index contributed by atoms with van der Waals surface area (Å²) in [5, 5.41) is 2.90. The molecule has 2 rings (SSSR count). The molecule has 0 aromatic rings. The first-order chi connectivity index (χ1) is 9.09. The van der Waals surface area contributed by atoms with Gasteiger partial charge in [-0.25, -0.2) is 0 Å². The van der Waals surface area contributed by atoms with E-state index in [0.717, 1.165) is 0 Å². The normalized spacial score (nSPS) is 29.4. The number of nitrogens with zero attached hydrogens (tertiary/aromatic N) is 1. The number of nitrogens with one attached hydrogen (secondary N) is 1. The zero-order valence-corrected chi connectivity index (χ0v) is 13.6. The summed E-state index contributed by atoms with van der Waals surface area (Å²) < 4.78 is 0. The van der Waals surface area contributed by atoms with E-state index in [1.54, 1.807) is 0 Å². The second-order valence-corrected chi connectivity index (χ2v) is 7.88. The molecular formula is C16H28N2O2. The molecule has 0 aromatic carbocycles. The van der Waals surface area contributed by atoms with E-state index >= 15 is 0 Å². The summed E-state index contributed by atoms with van der Waals surface area (Å²) in [5.74, 6) is 0.500. The lowest BCUT2D eigenvalue weighted by molar-refractivity contribution is -0.135. The molecular weight excluding hydrogens is 252 g/mol. The molecule has 0 aromatic heterocycles. The minimum absolute atomic E-state index is 0.00256. The van der Waals surface area contributed by atoms with Crippen molar-refractivity contribution in [3.63, 3.8) is 0 Å². The summed E-state index contributed by atoms with van der Waals surface area (Å²) in [5.41, 5.74) is 0.247. The maximum absolute atomic E-state index is 12.8. The molecule has 1 saturated carbocycles. The lowest BCUT2D eigenvalue weighted by Crippen LogP contribution is -2.47. The Labute approximate surface area is 122 Å². The molecule has 1 atom stereocenters. The van der Waals surface area contributed by atoms with Crippen LogP contribution in [0.25, 0.3) is 0 Å². The summed E-state index contributed by atoms with van der Waals surface area (Å²) in [7, 11) is 0. The summed E-state index contributed by atoms with van der Waals surface area (Å²) in [6.45, 7) is 13.6. The molecule has 4 heteroatoms. The van der Waals surface area contributed by atoms with Crippen LogP contribution in [-0.2, 0) is 9.59 Å². The van der Waals surface area contributed by atoms with Gasteiger partial charge in [-0.3, -0.25) is 9.59 Å².